The monoisotopic (exact) mass is 497 g/mol. The number of carbonyl (C=O) groups is 1. The predicted octanol–water partition coefficient (Wildman–Crippen LogP) is 6.53. The van der Waals surface area contributed by atoms with E-state index in [1.54, 1.807) is 24.2 Å². The van der Waals surface area contributed by atoms with Crippen LogP contribution in [0.15, 0.2) is 109 Å². The minimum absolute atomic E-state index is 0.139. The topological polar surface area (TPSA) is 72.7 Å². The van der Waals surface area contributed by atoms with E-state index in [1.807, 2.05) is 95.6 Å². The highest BCUT2D eigenvalue weighted by molar-refractivity contribution is 7.98. The Labute approximate surface area is 212 Å². The Morgan fingerprint density at radius 3 is 2.29 bits per heavy atom. The van der Waals surface area contributed by atoms with Gasteiger partial charge in [-0.2, -0.15) is 0 Å². The molecule has 0 saturated carbocycles. The summed E-state index contributed by atoms with van der Waals surface area (Å²) in [5, 5.41) is 13.2. The van der Waals surface area contributed by atoms with Crippen molar-refractivity contribution in [3.8, 4) is 17.1 Å². The van der Waals surface area contributed by atoms with Crippen LogP contribution in [0.3, 0.4) is 0 Å². The van der Waals surface area contributed by atoms with Gasteiger partial charge in [0, 0.05) is 45.7 Å². The van der Waals surface area contributed by atoms with E-state index in [-0.39, 0.29) is 5.91 Å². The molecule has 0 spiro atoms. The van der Waals surface area contributed by atoms with Crippen LogP contribution in [-0.2, 0) is 5.75 Å². The molecule has 172 valence electrons. The van der Waals surface area contributed by atoms with Crippen molar-refractivity contribution in [2.24, 2.45) is 0 Å². The van der Waals surface area contributed by atoms with Gasteiger partial charge in [-0.15, -0.1) is 10.2 Å². The fourth-order valence-corrected chi connectivity index (χ4v) is 4.53. The summed E-state index contributed by atoms with van der Waals surface area (Å²) in [5.41, 5.74) is 4.28. The van der Waals surface area contributed by atoms with Gasteiger partial charge < -0.3 is 5.32 Å². The Bertz CT molecular complexity index is 1420. The quantitative estimate of drug-likeness (QED) is 0.259. The van der Waals surface area contributed by atoms with Gasteiger partial charge in [-0.25, -0.2) is 0 Å². The maximum Gasteiger partial charge on any atom is 0.255 e. The summed E-state index contributed by atoms with van der Waals surface area (Å²) in [4.78, 5) is 16.6. The van der Waals surface area contributed by atoms with Crippen LogP contribution in [0.2, 0.25) is 5.02 Å². The van der Waals surface area contributed by atoms with Crippen molar-refractivity contribution in [3.05, 3.63) is 120 Å². The SMILES string of the molecule is O=C(Nc1ccccc1)c1ccc(CSc2nnc(-c3ccncc3)n2-c2ccc(Cl)cc2)cc1. The molecule has 0 bridgehead atoms. The van der Waals surface area contributed by atoms with E-state index in [0.29, 0.717) is 16.3 Å². The minimum atomic E-state index is -0.139. The molecule has 3 aromatic carbocycles. The van der Waals surface area contributed by atoms with Gasteiger partial charge in [-0.05, 0) is 66.2 Å². The molecule has 8 heteroatoms. The second-order valence-electron chi connectivity index (χ2n) is 7.66. The Balaban J connectivity index is 1.34. The van der Waals surface area contributed by atoms with E-state index in [0.717, 1.165) is 33.5 Å². The summed E-state index contributed by atoms with van der Waals surface area (Å²) in [6, 6.07) is 28.4. The van der Waals surface area contributed by atoms with Crippen LogP contribution in [-0.4, -0.2) is 25.7 Å². The summed E-state index contributed by atoms with van der Waals surface area (Å²) in [6.07, 6.45) is 3.47. The summed E-state index contributed by atoms with van der Waals surface area (Å²) < 4.78 is 2.01. The highest BCUT2D eigenvalue weighted by Gasteiger charge is 2.16. The number of amides is 1. The van der Waals surface area contributed by atoms with Crippen LogP contribution in [0.1, 0.15) is 15.9 Å². The molecule has 0 aliphatic rings. The number of anilines is 1. The molecule has 2 heterocycles. The van der Waals surface area contributed by atoms with E-state index in [4.69, 9.17) is 11.6 Å². The fourth-order valence-electron chi connectivity index (χ4n) is 3.50. The normalized spacial score (nSPS) is 10.8. The lowest BCUT2D eigenvalue weighted by molar-refractivity contribution is 0.102. The number of aromatic nitrogens is 4. The summed E-state index contributed by atoms with van der Waals surface area (Å²) in [5.74, 6) is 1.26. The Morgan fingerprint density at radius 2 is 1.57 bits per heavy atom. The third-order valence-corrected chi connectivity index (χ3v) is 6.52. The smallest absolute Gasteiger partial charge is 0.255 e. The first-order valence-corrected chi connectivity index (χ1v) is 12.2. The maximum atomic E-state index is 12.5. The summed E-state index contributed by atoms with van der Waals surface area (Å²) in [6.45, 7) is 0. The zero-order valence-corrected chi connectivity index (χ0v) is 20.1. The van der Waals surface area contributed by atoms with E-state index in [9.17, 15) is 4.79 Å². The second-order valence-corrected chi connectivity index (χ2v) is 9.04. The number of benzene rings is 3. The van der Waals surface area contributed by atoms with Gasteiger partial charge in [0.1, 0.15) is 0 Å². The first-order valence-electron chi connectivity index (χ1n) is 10.9. The fraction of sp³-hybridized carbons (Fsp3) is 0.0370. The van der Waals surface area contributed by atoms with Gasteiger partial charge in [0.05, 0.1) is 0 Å². The zero-order chi connectivity index (χ0) is 24.0. The van der Waals surface area contributed by atoms with Gasteiger partial charge in [-0.1, -0.05) is 53.7 Å². The Morgan fingerprint density at radius 1 is 0.857 bits per heavy atom. The van der Waals surface area contributed by atoms with Crippen LogP contribution in [0, 0.1) is 0 Å². The van der Waals surface area contributed by atoms with E-state index < -0.39 is 0 Å². The first kappa shape index (κ1) is 22.8. The lowest BCUT2D eigenvalue weighted by atomic mass is 10.1. The average Bonchev–Trinajstić information content (AvgIpc) is 3.33. The molecule has 6 nitrogen and oxygen atoms in total. The number of rotatable bonds is 7. The lowest BCUT2D eigenvalue weighted by Gasteiger charge is -2.11. The molecule has 1 amide bonds. The third kappa shape index (κ3) is 5.42. The van der Waals surface area contributed by atoms with Crippen LogP contribution < -0.4 is 5.32 Å². The highest BCUT2D eigenvalue weighted by atomic mass is 35.5. The Hall–Kier alpha value is -3.94. The van der Waals surface area contributed by atoms with Crippen LogP contribution in [0.4, 0.5) is 5.69 Å². The third-order valence-electron chi connectivity index (χ3n) is 5.27. The largest absolute Gasteiger partial charge is 0.322 e. The first-order chi connectivity index (χ1) is 17.2. The maximum absolute atomic E-state index is 12.5. The second kappa shape index (κ2) is 10.5. The zero-order valence-electron chi connectivity index (χ0n) is 18.5. The average molecular weight is 498 g/mol. The van der Waals surface area contributed by atoms with Crippen molar-refractivity contribution >= 4 is 35.0 Å². The summed E-state index contributed by atoms with van der Waals surface area (Å²) in [7, 11) is 0. The highest BCUT2D eigenvalue weighted by Crippen LogP contribution is 2.30. The number of hydrogen-bond acceptors (Lipinski definition) is 5. The van der Waals surface area contributed by atoms with Gasteiger partial charge in [0.25, 0.3) is 5.91 Å². The molecule has 5 aromatic rings. The van der Waals surface area contributed by atoms with Crippen molar-refractivity contribution in [3.63, 3.8) is 0 Å². The van der Waals surface area contributed by atoms with Crippen LogP contribution in [0.25, 0.3) is 17.1 Å². The molecule has 0 radical (unpaired) electrons. The minimum Gasteiger partial charge on any atom is -0.322 e. The molecule has 0 aliphatic carbocycles. The van der Waals surface area contributed by atoms with Crippen molar-refractivity contribution in [2.75, 3.05) is 5.32 Å². The van der Waals surface area contributed by atoms with Crippen molar-refractivity contribution in [1.82, 2.24) is 19.7 Å². The number of thioether (sulfide) groups is 1. The number of carbonyl (C=O) groups excluding carboxylic acids is 1. The van der Waals surface area contributed by atoms with E-state index in [1.165, 1.54) is 0 Å². The standard InChI is InChI=1S/C27H20ClN5OS/c28-22-10-12-24(13-11-22)33-25(20-14-16-29-17-15-20)31-32-27(33)35-18-19-6-8-21(9-7-19)26(34)30-23-4-2-1-3-5-23/h1-17H,18H2,(H,30,34). The predicted molar refractivity (Wildman–Crippen MR) is 140 cm³/mol. The van der Waals surface area contributed by atoms with Gasteiger partial charge in [0.15, 0.2) is 11.0 Å². The molecule has 2 aromatic heterocycles. The molecule has 0 atom stereocenters. The van der Waals surface area contributed by atoms with Gasteiger partial charge in [-0.3, -0.25) is 14.3 Å². The Kier molecular flexibility index (Phi) is 6.88. The van der Waals surface area contributed by atoms with Crippen molar-refractivity contribution < 1.29 is 4.79 Å². The molecule has 35 heavy (non-hydrogen) atoms. The van der Waals surface area contributed by atoms with E-state index in [2.05, 4.69) is 20.5 Å². The molecule has 0 saturated heterocycles. The molecular formula is C27H20ClN5OS. The van der Waals surface area contributed by atoms with Crippen molar-refractivity contribution in [2.45, 2.75) is 10.9 Å². The molecule has 0 unspecified atom stereocenters. The van der Waals surface area contributed by atoms with Crippen molar-refractivity contribution in [1.29, 1.82) is 0 Å². The van der Waals surface area contributed by atoms with E-state index >= 15 is 0 Å². The number of para-hydroxylation sites is 1. The number of hydrogen-bond donors (Lipinski definition) is 1. The molecule has 1 N–H and O–H groups in total. The van der Waals surface area contributed by atoms with Gasteiger partial charge in [0.2, 0.25) is 0 Å². The van der Waals surface area contributed by atoms with Crippen LogP contribution >= 0.6 is 23.4 Å². The molecular weight excluding hydrogens is 478 g/mol. The molecule has 0 aliphatic heterocycles. The lowest BCUT2D eigenvalue weighted by Crippen LogP contribution is -2.11. The number of nitrogens with zero attached hydrogens (tertiary/aromatic N) is 4. The number of halogens is 1. The summed E-state index contributed by atoms with van der Waals surface area (Å²) >= 11 is 7.68. The van der Waals surface area contributed by atoms with Crippen LogP contribution in [0.5, 0.6) is 0 Å². The molecule has 0 fully saturated rings. The number of pyridine rings is 1. The number of nitrogens with one attached hydrogen (secondary N) is 1. The molecule has 5 rings (SSSR count). The van der Waals surface area contributed by atoms with Gasteiger partial charge >= 0.3 is 0 Å².